The smallest absolute Gasteiger partial charge is 0.128 e. The third-order valence-corrected chi connectivity index (χ3v) is 4.53. The van der Waals surface area contributed by atoms with Gasteiger partial charge < -0.3 is 4.90 Å². The zero-order valence-corrected chi connectivity index (χ0v) is 15.2. The van der Waals surface area contributed by atoms with Crippen molar-refractivity contribution in [1.29, 1.82) is 5.26 Å². The molecule has 3 rings (SSSR count). The molecule has 0 N–H and O–H groups in total. The van der Waals surface area contributed by atoms with Crippen LogP contribution < -0.4 is 4.90 Å². The van der Waals surface area contributed by atoms with Crippen LogP contribution in [0.4, 0.5) is 5.82 Å². The molecule has 25 heavy (non-hydrogen) atoms. The second-order valence-corrected chi connectivity index (χ2v) is 7.55. The zero-order chi connectivity index (χ0) is 17.9. The summed E-state index contributed by atoms with van der Waals surface area (Å²) >= 11 is 0. The Morgan fingerprint density at radius 2 is 1.88 bits per heavy atom. The molecule has 1 aliphatic rings. The van der Waals surface area contributed by atoms with Gasteiger partial charge in [0.1, 0.15) is 11.9 Å². The van der Waals surface area contributed by atoms with Gasteiger partial charge in [-0.3, -0.25) is 9.88 Å². The molecule has 2 aromatic heterocycles. The van der Waals surface area contributed by atoms with E-state index in [0.29, 0.717) is 5.56 Å². The summed E-state index contributed by atoms with van der Waals surface area (Å²) in [5.41, 5.74) is 2.56. The van der Waals surface area contributed by atoms with Gasteiger partial charge in [0.25, 0.3) is 0 Å². The number of hydrogen-bond donors (Lipinski definition) is 0. The summed E-state index contributed by atoms with van der Waals surface area (Å²) in [5, 5.41) is 9.46. The topological polar surface area (TPSA) is 56.1 Å². The van der Waals surface area contributed by atoms with E-state index in [4.69, 9.17) is 0 Å². The number of pyridine rings is 2. The van der Waals surface area contributed by atoms with Crippen molar-refractivity contribution in [1.82, 2.24) is 14.9 Å². The van der Waals surface area contributed by atoms with E-state index in [-0.39, 0.29) is 5.41 Å². The molecule has 0 unspecified atom stereocenters. The second kappa shape index (κ2) is 7.20. The number of piperazine rings is 1. The van der Waals surface area contributed by atoms with Crippen molar-refractivity contribution < 1.29 is 0 Å². The minimum atomic E-state index is -0.113. The van der Waals surface area contributed by atoms with Gasteiger partial charge in [-0.05, 0) is 23.8 Å². The molecule has 0 saturated carbocycles. The van der Waals surface area contributed by atoms with E-state index in [1.54, 1.807) is 0 Å². The lowest BCUT2D eigenvalue weighted by Gasteiger charge is -2.35. The first-order chi connectivity index (χ1) is 12.0. The lowest BCUT2D eigenvalue weighted by molar-refractivity contribution is 0.249. The summed E-state index contributed by atoms with van der Waals surface area (Å²) in [6.07, 6.45) is 3.76. The minimum Gasteiger partial charge on any atom is -0.354 e. The molecule has 5 nitrogen and oxygen atoms in total. The zero-order valence-electron chi connectivity index (χ0n) is 15.2. The van der Waals surface area contributed by atoms with Gasteiger partial charge in [-0.25, -0.2) is 4.98 Å². The third-order valence-electron chi connectivity index (χ3n) is 4.53. The fraction of sp³-hybridized carbons (Fsp3) is 0.450. The van der Waals surface area contributed by atoms with Gasteiger partial charge in [0.05, 0.1) is 11.3 Å². The predicted molar refractivity (Wildman–Crippen MR) is 99.4 cm³/mol. The van der Waals surface area contributed by atoms with E-state index in [2.05, 4.69) is 52.7 Å². The van der Waals surface area contributed by atoms with Crippen molar-refractivity contribution in [3.05, 3.63) is 53.5 Å². The highest BCUT2D eigenvalue weighted by atomic mass is 15.3. The maximum atomic E-state index is 9.46. The number of anilines is 1. The van der Waals surface area contributed by atoms with E-state index < -0.39 is 0 Å². The predicted octanol–water partition coefficient (Wildman–Crippen LogP) is 2.97. The van der Waals surface area contributed by atoms with Crippen molar-refractivity contribution in [2.24, 2.45) is 0 Å². The highest BCUT2D eigenvalue weighted by molar-refractivity contribution is 5.40. The van der Waals surface area contributed by atoms with Crippen LogP contribution in [0.2, 0.25) is 0 Å². The number of aromatic nitrogens is 2. The van der Waals surface area contributed by atoms with Gasteiger partial charge in [-0.15, -0.1) is 0 Å². The molecular weight excluding hydrogens is 310 g/mol. The summed E-state index contributed by atoms with van der Waals surface area (Å²) in [7, 11) is 0. The number of nitriles is 1. The molecule has 0 amide bonds. The van der Waals surface area contributed by atoms with Crippen molar-refractivity contribution in [3.63, 3.8) is 0 Å². The van der Waals surface area contributed by atoms with Crippen LogP contribution in [0, 0.1) is 11.3 Å². The van der Waals surface area contributed by atoms with E-state index in [9.17, 15) is 5.26 Å². The number of nitrogens with zero attached hydrogens (tertiary/aromatic N) is 5. The van der Waals surface area contributed by atoms with Crippen LogP contribution in [-0.4, -0.2) is 41.0 Å². The fourth-order valence-corrected chi connectivity index (χ4v) is 3.21. The van der Waals surface area contributed by atoms with Crippen LogP contribution in [0.25, 0.3) is 0 Å². The second-order valence-electron chi connectivity index (χ2n) is 7.55. The Kier molecular flexibility index (Phi) is 5.00. The van der Waals surface area contributed by atoms with E-state index in [1.165, 1.54) is 0 Å². The van der Waals surface area contributed by atoms with Gasteiger partial charge in [0.2, 0.25) is 0 Å². The summed E-state index contributed by atoms with van der Waals surface area (Å²) in [6.45, 7) is 11.0. The molecule has 3 heterocycles. The first-order valence-corrected chi connectivity index (χ1v) is 8.75. The molecule has 0 atom stereocenters. The molecule has 2 aromatic rings. The van der Waals surface area contributed by atoms with Crippen molar-refractivity contribution >= 4 is 5.82 Å². The lowest BCUT2D eigenvalue weighted by atomic mass is 9.88. The van der Waals surface area contributed by atoms with Crippen molar-refractivity contribution in [2.75, 3.05) is 31.1 Å². The van der Waals surface area contributed by atoms with Gasteiger partial charge in [0, 0.05) is 50.5 Å². The SMILES string of the molecule is CC(C)(C)c1ncc(CN2CCN(c3ccccn3)CC2)cc1C#N. The van der Waals surface area contributed by atoms with E-state index >= 15 is 0 Å². The fourth-order valence-electron chi connectivity index (χ4n) is 3.21. The first-order valence-electron chi connectivity index (χ1n) is 8.75. The van der Waals surface area contributed by atoms with Gasteiger partial charge in [-0.2, -0.15) is 5.26 Å². The van der Waals surface area contributed by atoms with Crippen LogP contribution in [0.15, 0.2) is 36.7 Å². The van der Waals surface area contributed by atoms with Crippen LogP contribution in [-0.2, 0) is 12.0 Å². The Labute approximate surface area is 149 Å². The minimum absolute atomic E-state index is 0.113. The molecule has 0 aliphatic carbocycles. The molecule has 130 valence electrons. The Balaban J connectivity index is 1.64. The van der Waals surface area contributed by atoms with Crippen LogP contribution in [0.3, 0.4) is 0 Å². The normalized spacial score (nSPS) is 15.8. The Morgan fingerprint density at radius 1 is 1.12 bits per heavy atom. The molecule has 1 fully saturated rings. The Morgan fingerprint density at radius 3 is 2.48 bits per heavy atom. The van der Waals surface area contributed by atoms with Crippen LogP contribution in [0.5, 0.6) is 0 Å². The van der Waals surface area contributed by atoms with E-state index in [1.807, 2.05) is 30.6 Å². The molecule has 5 heteroatoms. The van der Waals surface area contributed by atoms with E-state index in [0.717, 1.165) is 49.8 Å². The quantitative estimate of drug-likeness (QED) is 0.863. The average Bonchev–Trinajstić information content (AvgIpc) is 2.62. The molecule has 1 saturated heterocycles. The van der Waals surface area contributed by atoms with Gasteiger partial charge >= 0.3 is 0 Å². The molecule has 0 radical (unpaired) electrons. The largest absolute Gasteiger partial charge is 0.354 e. The summed E-state index contributed by atoms with van der Waals surface area (Å²) in [5.74, 6) is 1.05. The number of rotatable bonds is 3. The summed E-state index contributed by atoms with van der Waals surface area (Å²) in [4.78, 5) is 13.7. The van der Waals surface area contributed by atoms with Crippen LogP contribution >= 0.6 is 0 Å². The van der Waals surface area contributed by atoms with Crippen molar-refractivity contribution in [2.45, 2.75) is 32.7 Å². The Hall–Kier alpha value is -2.45. The molecular formula is C20H25N5. The standard InChI is InChI=1S/C20H25N5/c1-20(2,3)19-17(13-21)12-16(14-23-19)15-24-8-10-25(11-9-24)18-6-4-5-7-22-18/h4-7,12,14H,8-11,15H2,1-3H3. The highest BCUT2D eigenvalue weighted by Crippen LogP contribution is 2.24. The summed E-state index contributed by atoms with van der Waals surface area (Å²) < 4.78 is 0. The van der Waals surface area contributed by atoms with Crippen molar-refractivity contribution in [3.8, 4) is 6.07 Å². The molecule has 0 aromatic carbocycles. The molecule has 0 spiro atoms. The molecule has 1 aliphatic heterocycles. The van der Waals surface area contributed by atoms with Gasteiger partial charge in [0.15, 0.2) is 0 Å². The number of hydrogen-bond acceptors (Lipinski definition) is 5. The third kappa shape index (κ3) is 4.15. The summed E-state index contributed by atoms with van der Waals surface area (Å²) in [6, 6.07) is 10.3. The average molecular weight is 335 g/mol. The lowest BCUT2D eigenvalue weighted by Crippen LogP contribution is -2.46. The highest BCUT2D eigenvalue weighted by Gasteiger charge is 2.22. The maximum absolute atomic E-state index is 9.46. The molecule has 0 bridgehead atoms. The van der Waals surface area contributed by atoms with Gasteiger partial charge in [-0.1, -0.05) is 26.8 Å². The monoisotopic (exact) mass is 335 g/mol. The first kappa shape index (κ1) is 17.4. The maximum Gasteiger partial charge on any atom is 0.128 e. The van der Waals surface area contributed by atoms with Crippen LogP contribution in [0.1, 0.15) is 37.6 Å². The Bertz CT molecular complexity index is 750.